The zero-order valence-electron chi connectivity index (χ0n) is 20.7. The number of aliphatic hydroxyl groups excluding tert-OH is 1. The fraction of sp³-hybridized carbons (Fsp3) is 0.435. The molecule has 0 saturated heterocycles. The number of hydrogen-bond acceptors (Lipinski definition) is 10. The van der Waals surface area contributed by atoms with Gasteiger partial charge in [-0.1, -0.05) is 18.2 Å². The number of hydrogen-bond donors (Lipinski definition) is 4. The standard InChI is InChI=1S/C23H30N3O9PS/c1-6-23(31,26-13-12-19(27)24-22(26)30)20(28)18(32-5)14-33-36(37,35-17-10-8-7-9-11-17)25-16(4)21(29)34-15(2)3/h1,7-13,15-16,18,20,28,31H,14H2,2-5H3,(H,25,37)(H,24,27,30)/t16-,18+,20+,23+,36?/m0/s1. The molecule has 0 aliphatic heterocycles. The van der Waals surface area contributed by atoms with Gasteiger partial charge >= 0.3 is 18.3 Å². The van der Waals surface area contributed by atoms with Crippen LogP contribution in [0, 0.1) is 12.3 Å². The molecule has 14 heteroatoms. The minimum atomic E-state index is -3.51. The number of aromatic amines is 1. The predicted octanol–water partition coefficient (Wildman–Crippen LogP) is 0.441. The molecule has 12 nitrogen and oxygen atoms in total. The lowest BCUT2D eigenvalue weighted by Crippen LogP contribution is -2.56. The Balaban J connectivity index is 2.31. The summed E-state index contributed by atoms with van der Waals surface area (Å²) in [6.45, 7) is 0.922. The maximum Gasteiger partial charge on any atom is 0.331 e. The van der Waals surface area contributed by atoms with E-state index in [0.29, 0.717) is 10.3 Å². The second-order valence-corrected chi connectivity index (χ2v) is 11.2. The van der Waals surface area contributed by atoms with Crippen molar-refractivity contribution < 1.29 is 33.5 Å². The van der Waals surface area contributed by atoms with Crippen molar-refractivity contribution in [2.24, 2.45) is 0 Å². The molecule has 0 spiro atoms. The summed E-state index contributed by atoms with van der Waals surface area (Å²) in [7, 11) is 1.21. The number of benzene rings is 1. The van der Waals surface area contributed by atoms with Crippen LogP contribution in [0.3, 0.4) is 0 Å². The maximum absolute atomic E-state index is 12.4. The Morgan fingerprint density at radius 3 is 2.46 bits per heavy atom. The van der Waals surface area contributed by atoms with Crippen LogP contribution < -0.4 is 20.9 Å². The quantitative estimate of drug-likeness (QED) is 0.154. The van der Waals surface area contributed by atoms with Gasteiger partial charge in [0.25, 0.3) is 5.56 Å². The molecule has 202 valence electrons. The van der Waals surface area contributed by atoms with E-state index in [1.807, 2.05) is 10.9 Å². The highest BCUT2D eigenvalue weighted by atomic mass is 32.5. The van der Waals surface area contributed by atoms with Crippen LogP contribution in [0.4, 0.5) is 0 Å². The molecule has 1 unspecified atom stereocenters. The largest absolute Gasteiger partial charge is 0.462 e. The third-order valence-corrected chi connectivity index (χ3v) is 7.41. The highest BCUT2D eigenvalue weighted by Gasteiger charge is 2.43. The van der Waals surface area contributed by atoms with E-state index in [1.54, 1.807) is 44.2 Å². The van der Waals surface area contributed by atoms with Crippen LogP contribution in [0.15, 0.2) is 52.2 Å². The van der Waals surface area contributed by atoms with Gasteiger partial charge in [-0.15, -0.1) is 6.42 Å². The first-order valence-corrected chi connectivity index (χ1v) is 13.7. The lowest BCUT2D eigenvalue weighted by atomic mass is 10.0. The predicted molar refractivity (Wildman–Crippen MR) is 138 cm³/mol. The van der Waals surface area contributed by atoms with Gasteiger partial charge in [-0.3, -0.25) is 19.1 Å². The Morgan fingerprint density at radius 1 is 1.27 bits per heavy atom. The summed E-state index contributed by atoms with van der Waals surface area (Å²) in [6.07, 6.45) is 2.74. The average molecular weight is 556 g/mol. The van der Waals surface area contributed by atoms with Crippen molar-refractivity contribution in [1.82, 2.24) is 14.6 Å². The monoisotopic (exact) mass is 555 g/mol. The molecular weight excluding hydrogens is 525 g/mol. The molecule has 0 aliphatic carbocycles. The molecule has 0 radical (unpaired) electrons. The summed E-state index contributed by atoms with van der Waals surface area (Å²) in [5.74, 6) is 1.71. The van der Waals surface area contributed by atoms with E-state index in [0.717, 1.165) is 12.3 Å². The van der Waals surface area contributed by atoms with Gasteiger partial charge in [0.15, 0.2) is 0 Å². The first-order valence-electron chi connectivity index (χ1n) is 11.1. The number of esters is 1. The number of para-hydroxylation sites is 1. The molecule has 2 rings (SSSR count). The van der Waals surface area contributed by atoms with Gasteiger partial charge in [0.1, 0.15) is 24.0 Å². The van der Waals surface area contributed by atoms with Crippen LogP contribution in [0.1, 0.15) is 20.8 Å². The van der Waals surface area contributed by atoms with Crippen molar-refractivity contribution in [3.8, 4) is 18.1 Å². The third-order valence-electron chi connectivity index (χ3n) is 4.91. The van der Waals surface area contributed by atoms with Gasteiger partial charge in [0.05, 0.1) is 12.7 Å². The molecule has 2 aromatic rings. The maximum atomic E-state index is 12.4. The number of H-pyrrole nitrogens is 1. The summed E-state index contributed by atoms with van der Waals surface area (Å²) in [6, 6.07) is 8.47. The van der Waals surface area contributed by atoms with Gasteiger partial charge in [0.2, 0.25) is 5.72 Å². The molecule has 1 aromatic heterocycles. The van der Waals surface area contributed by atoms with Crippen LogP contribution in [0.2, 0.25) is 0 Å². The smallest absolute Gasteiger partial charge is 0.331 e. The molecule has 0 bridgehead atoms. The normalized spacial score (nSPS) is 17.0. The van der Waals surface area contributed by atoms with Crippen molar-refractivity contribution in [2.75, 3.05) is 13.7 Å². The van der Waals surface area contributed by atoms with Gasteiger partial charge in [-0.2, -0.15) is 0 Å². The fourth-order valence-electron chi connectivity index (χ4n) is 3.04. The number of methoxy groups -OCH3 is 1. The fourth-order valence-corrected chi connectivity index (χ4v) is 5.45. The highest BCUT2D eigenvalue weighted by Crippen LogP contribution is 2.45. The molecule has 4 N–H and O–H groups in total. The molecule has 0 amide bonds. The number of rotatable bonds is 13. The number of ether oxygens (including phenoxy) is 2. The van der Waals surface area contributed by atoms with E-state index in [9.17, 15) is 24.6 Å². The summed E-state index contributed by atoms with van der Waals surface area (Å²) in [4.78, 5) is 37.9. The van der Waals surface area contributed by atoms with Gasteiger partial charge in [-0.05, 0) is 50.6 Å². The summed E-state index contributed by atoms with van der Waals surface area (Å²) in [5.41, 5.74) is -4.41. The van der Waals surface area contributed by atoms with E-state index >= 15 is 0 Å². The van der Waals surface area contributed by atoms with E-state index in [1.165, 1.54) is 14.0 Å². The minimum absolute atomic E-state index is 0.345. The Labute approximate surface area is 218 Å². The number of aliphatic hydroxyl groups is 2. The van der Waals surface area contributed by atoms with E-state index < -0.39 is 54.4 Å². The van der Waals surface area contributed by atoms with Crippen LogP contribution >= 0.6 is 6.64 Å². The molecular formula is C23H30N3O9PS. The number of carbonyl (C=O) groups excluding carboxylic acids is 1. The Kier molecular flexibility index (Phi) is 10.8. The Bertz CT molecular complexity index is 1260. The number of terminal acetylenes is 1. The second kappa shape index (κ2) is 13.1. The first-order chi connectivity index (χ1) is 17.3. The highest BCUT2D eigenvalue weighted by molar-refractivity contribution is 8.09. The molecule has 1 aromatic carbocycles. The van der Waals surface area contributed by atoms with Crippen LogP contribution in [-0.4, -0.2) is 63.8 Å². The van der Waals surface area contributed by atoms with Gasteiger partial charge in [0, 0.05) is 19.4 Å². The van der Waals surface area contributed by atoms with Crippen molar-refractivity contribution in [1.29, 1.82) is 0 Å². The van der Waals surface area contributed by atoms with Crippen molar-refractivity contribution in [2.45, 2.75) is 50.8 Å². The summed E-state index contributed by atoms with van der Waals surface area (Å²) in [5, 5.41) is 24.8. The zero-order chi connectivity index (χ0) is 27.8. The molecule has 0 fully saturated rings. The van der Waals surface area contributed by atoms with E-state index in [4.69, 9.17) is 36.8 Å². The van der Waals surface area contributed by atoms with Crippen molar-refractivity contribution in [3.05, 3.63) is 63.4 Å². The third kappa shape index (κ3) is 8.08. The number of nitrogens with zero attached hydrogens (tertiary/aromatic N) is 1. The molecule has 0 aliphatic rings. The van der Waals surface area contributed by atoms with Crippen molar-refractivity contribution >= 4 is 24.4 Å². The molecule has 1 heterocycles. The van der Waals surface area contributed by atoms with Crippen LogP contribution in [-0.2, 0) is 36.3 Å². The molecule has 5 atom stereocenters. The minimum Gasteiger partial charge on any atom is -0.462 e. The summed E-state index contributed by atoms with van der Waals surface area (Å²) < 4.78 is 22.8. The number of aromatic nitrogens is 2. The SMILES string of the molecule is C#C[C@@](O)([C@H](O)[C@@H](COP(=S)(N[C@@H](C)C(=O)OC(C)C)Oc1ccccc1)OC)n1ccc(=O)[nH]c1=O. The van der Waals surface area contributed by atoms with Gasteiger partial charge in [-0.25, -0.2) is 9.88 Å². The topological polar surface area (TPSA) is 161 Å². The van der Waals surface area contributed by atoms with Crippen molar-refractivity contribution in [3.63, 3.8) is 0 Å². The van der Waals surface area contributed by atoms with Crippen LogP contribution in [0.25, 0.3) is 0 Å². The second-order valence-electron chi connectivity index (χ2n) is 8.10. The molecule has 37 heavy (non-hydrogen) atoms. The summed E-state index contributed by atoms with van der Waals surface area (Å²) >= 11 is 5.61. The van der Waals surface area contributed by atoms with Gasteiger partial charge < -0.3 is 28.7 Å². The first kappa shape index (κ1) is 30.4. The van der Waals surface area contributed by atoms with Crippen LogP contribution in [0.5, 0.6) is 5.75 Å². The Morgan fingerprint density at radius 2 is 1.92 bits per heavy atom. The van der Waals surface area contributed by atoms with E-state index in [2.05, 4.69) is 5.09 Å². The lowest BCUT2D eigenvalue weighted by Gasteiger charge is -2.34. The average Bonchev–Trinajstić information content (AvgIpc) is 2.83. The lowest BCUT2D eigenvalue weighted by molar-refractivity contribution is -0.154. The Hall–Kier alpha value is -2.82. The van der Waals surface area contributed by atoms with E-state index in [-0.39, 0.29) is 6.10 Å². The zero-order valence-corrected chi connectivity index (χ0v) is 22.4. The number of nitrogens with one attached hydrogen (secondary N) is 2. The molecule has 0 saturated carbocycles. The number of carbonyl (C=O) groups is 1.